The first-order chi connectivity index (χ1) is 12.7. The number of carbonyl (C=O) groups excluding carboxylic acids is 1. The average molecular weight is 351 g/mol. The minimum absolute atomic E-state index is 0.0584. The fourth-order valence-electron chi connectivity index (χ4n) is 3.10. The maximum atomic E-state index is 11.8. The summed E-state index contributed by atoms with van der Waals surface area (Å²) >= 11 is 0. The van der Waals surface area contributed by atoms with Gasteiger partial charge < -0.3 is 20.4 Å². The smallest absolute Gasteiger partial charge is 0.229 e. The van der Waals surface area contributed by atoms with Crippen LogP contribution in [0, 0.1) is 0 Å². The molecule has 0 atom stereocenters. The number of hydrogen-bond acceptors (Lipinski definition) is 6. The number of carbonyl (C=O) groups is 1. The molecule has 0 spiro atoms. The van der Waals surface area contributed by atoms with E-state index < -0.39 is 0 Å². The Hall–Kier alpha value is -3.09. The highest BCUT2D eigenvalue weighted by Crippen LogP contribution is 2.26. The van der Waals surface area contributed by atoms with Gasteiger partial charge in [0, 0.05) is 24.8 Å². The molecule has 1 aliphatic rings. The number of nitrogens with one attached hydrogen (secondary N) is 3. The van der Waals surface area contributed by atoms with E-state index in [1.54, 1.807) is 6.26 Å². The Morgan fingerprint density at radius 1 is 1.23 bits per heavy atom. The van der Waals surface area contributed by atoms with Gasteiger partial charge in [0.05, 0.1) is 12.7 Å². The lowest BCUT2D eigenvalue weighted by molar-refractivity contribution is -0.120. The van der Waals surface area contributed by atoms with E-state index in [0.29, 0.717) is 30.3 Å². The molecule has 0 saturated heterocycles. The number of benzene rings is 1. The zero-order chi connectivity index (χ0) is 17.9. The van der Waals surface area contributed by atoms with E-state index in [9.17, 15) is 4.79 Å². The Bertz CT molecular complexity index is 950. The SMILES string of the molecule is CCCNc1nc(Nc2ccc3c(c2)CC(=O)NCC3)nc2ccoc12. The predicted octanol–water partition coefficient (Wildman–Crippen LogP) is 3.00. The van der Waals surface area contributed by atoms with E-state index in [1.807, 2.05) is 18.2 Å². The summed E-state index contributed by atoms with van der Waals surface area (Å²) in [7, 11) is 0. The summed E-state index contributed by atoms with van der Waals surface area (Å²) < 4.78 is 5.49. The number of hydrogen-bond donors (Lipinski definition) is 3. The third-order valence-electron chi connectivity index (χ3n) is 4.38. The Balaban J connectivity index is 1.63. The van der Waals surface area contributed by atoms with Crippen LogP contribution in [0.1, 0.15) is 24.5 Å². The number of nitrogens with zero attached hydrogens (tertiary/aromatic N) is 2. The van der Waals surface area contributed by atoms with Crippen LogP contribution in [0.3, 0.4) is 0 Å². The maximum absolute atomic E-state index is 11.8. The topological polar surface area (TPSA) is 92.1 Å². The van der Waals surface area contributed by atoms with Crippen molar-refractivity contribution in [1.29, 1.82) is 0 Å². The van der Waals surface area contributed by atoms with E-state index in [0.717, 1.165) is 36.2 Å². The zero-order valence-electron chi connectivity index (χ0n) is 14.6. The second-order valence-corrected chi connectivity index (χ2v) is 6.34. The molecule has 134 valence electrons. The van der Waals surface area contributed by atoms with E-state index in [2.05, 4.69) is 38.9 Å². The van der Waals surface area contributed by atoms with Crippen LogP contribution in [0.5, 0.6) is 0 Å². The molecule has 7 nitrogen and oxygen atoms in total. The highest BCUT2D eigenvalue weighted by molar-refractivity contribution is 5.85. The van der Waals surface area contributed by atoms with E-state index >= 15 is 0 Å². The summed E-state index contributed by atoms with van der Waals surface area (Å²) in [6.07, 6.45) is 3.85. The second kappa shape index (κ2) is 7.03. The molecule has 0 unspecified atom stereocenters. The van der Waals surface area contributed by atoms with Crippen LogP contribution < -0.4 is 16.0 Å². The van der Waals surface area contributed by atoms with Crippen LogP contribution in [0.25, 0.3) is 11.1 Å². The fraction of sp³-hybridized carbons (Fsp3) is 0.316. The van der Waals surface area contributed by atoms with Gasteiger partial charge in [0.1, 0.15) is 5.52 Å². The van der Waals surface area contributed by atoms with Crippen LogP contribution in [-0.4, -0.2) is 29.0 Å². The largest absolute Gasteiger partial charge is 0.459 e. The summed E-state index contributed by atoms with van der Waals surface area (Å²) in [6.45, 7) is 3.59. The number of rotatable bonds is 5. The van der Waals surface area contributed by atoms with Crippen LogP contribution in [0.2, 0.25) is 0 Å². The molecule has 3 aromatic rings. The van der Waals surface area contributed by atoms with Gasteiger partial charge in [-0.05, 0) is 36.1 Å². The highest BCUT2D eigenvalue weighted by atomic mass is 16.3. The molecule has 3 heterocycles. The quantitative estimate of drug-likeness (QED) is 0.654. The van der Waals surface area contributed by atoms with Crippen molar-refractivity contribution in [1.82, 2.24) is 15.3 Å². The molecule has 0 radical (unpaired) electrons. The standard InChI is InChI=1S/C19H21N5O2/c1-2-7-21-18-17-15(6-9-26-17)23-19(24-18)22-14-4-3-12-5-8-20-16(25)11-13(12)10-14/h3-4,6,9-10H,2,5,7-8,11H2,1H3,(H,20,25)(H2,21,22,23,24). The van der Waals surface area contributed by atoms with Crippen molar-refractivity contribution < 1.29 is 9.21 Å². The van der Waals surface area contributed by atoms with E-state index in [1.165, 1.54) is 5.56 Å². The highest BCUT2D eigenvalue weighted by Gasteiger charge is 2.15. The zero-order valence-corrected chi connectivity index (χ0v) is 14.6. The van der Waals surface area contributed by atoms with E-state index in [-0.39, 0.29) is 5.91 Å². The summed E-state index contributed by atoms with van der Waals surface area (Å²) in [5, 5.41) is 9.43. The molecule has 7 heteroatoms. The van der Waals surface area contributed by atoms with Crippen LogP contribution >= 0.6 is 0 Å². The third-order valence-corrected chi connectivity index (χ3v) is 4.38. The normalized spacial score (nSPS) is 13.8. The first kappa shape index (κ1) is 16.4. The Morgan fingerprint density at radius 2 is 2.15 bits per heavy atom. The number of fused-ring (bicyclic) bond motifs is 2. The van der Waals surface area contributed by atoms with Gasteiger partial charge in [-0.15, -0.1) is 0 Å². The van der Waals surface area contributed by atoms with Crippen LogP contribution in [0.4, 0.5) is 17.5 Å². The number of amides is 1. The molecule has 26 heavy (non-hydrogen) atoms. The molecule has 1 aliphatic heterocycles. The lowest BCUT2D eigenvalue weighted by Crippen LogP contribution is -2.24. The average Bonchev–Trinajstić information content (AvgIpc) is 3.02. The second-order valence-electron chi connectivity index (χ2n) is 6.34. The van der Waals surface area contributed by atoms with Gasteiger partial charge in [0.15, 0.2) is 11.4 Å². The predicted molar refractivity (Wildman–Crippen MR) is 101 cm³/mol. The molecule has 2 aromatic heterocycles. The number of aromatic nitrogens is 2. The van der Waals surface area contributed by atoms with Gasteiger partial charge in [-0.1, -0.05) is 13.0 Å². The summed E-state index contributed by atoms with van der Waals surface area (Å²) in [4.78, 5) is 20.9. The van der Waals surface area contributed by atoms with Gasteiger partial charge in [0.2, 0.25) is 11.9 Å². The maximum Gasteiger partial charge on any atom is 0.229 e. The molecule has 3 N–H and O–H groups in total. The van der Waals surface area contributed by atoms with Gasteiger partial charge in [-0.2, -0.15) is 4.98 Å². The van der Waals surface area contributed by atoms with Crippen molar-refractivity contribution in [2.45, 2.75) is 26.2 Å². The molecule has 1 aromatic carbocycles. The molecular weight excluding hydrogens is 330 g/mol. The molecule has 0 fully saturated rings. The molecule has 1 amide bonds. The van der Waals surface area contributed by atoms with Crippen molar-refractivity contribution in [2.75, 3.05) is 23.7 Å². The van der Waals surface area contributed by atoms with Crippen LogP contribution in [-0.2, 0) is 17.6 Å². The monoisotopic (exact) mass is 351 g/mol. The first-order valence-electron chi connectivity index (χ1n) is 8.87. The van der Waals surface area contributed by atoms with Gasteiger partial charge >= 0.3 is 0 Å². The lowest BCUT2D eigenvalue weighted by Gasteiger charge is -2.11. The van der Waals surface area contributed by atoms with Gasteiger partial charge in [-0.25, -0.2) is 4.98 Å². The van der Waals surface area contributed by atoms with Crippen molar-refractivity contribution in [3.05, 3.63) is 41.7 Å². The Kier molecular flexibility index (Phi) is 4.43. The first-order valence-corrected chi connectivity index (χ1v) is 8.87. The third kappa shape index (κ3) is 3.33. The fourth-order valence-corrected chi connectivity index (χ4v) is 3.10. The molecule has 0 aliphatic carbocycles. The molecule has 0 bridgehead atoms. The Morgan fingerprint density at radius 3 is 3.04 bits per heavy atom. The van der Waals surface area contributed by atoms with Crippen molar-refractivity contribution in [3.63, 3.8) is 0 Å². The lowest BCUT2D eigenvalue weighted by atomic mass is 10.0. The van der Waals surface area contributed by atoms with Crippen molar-refractivity contribution in [2.24, 2.45) is 0 Å². The minimum atomic E-state index is 0.0584. The Labute approximate surface area is 151 Å². The van der Waals surface area contributed by atoms with Crippen molar-refractivity contribution in [3.8, 4) is 0 Å². The summed E-state index contributed by atoms with van der Waals surface area (Å²) in [5.41, 5.74) is 4.50. The minimum Gasteiger partial charge on any atom is -0.459 e. The van der Waals surface area contributed by atoms with Crippen molar-refractivity contribution >= 4 is 34.5 Å². The summed E-state index contributed by atoms with van der Waals surface area (Å²) in [5.74, 6) is 1.23. The van der Waals surface area contributed by atoms with E-state index in [4.69, 9.17) is 4.42 Å². The molecular formula is C19H21N5O2. The number of furan rings is 1. The summed E-state index contributed by atoms with van der Waals surface area (Å²) in [6, 6.07) is 7.88. The number of anilines is 3. The molecule has 4 rings (SSSR count). The molecule has 0 saturated carbocycles. The van der Waals surface area contributed by atoms with Crippen LogP contribution in [0.15, 0.2) is 34.9 Å². The van der Waals surface area contributed by atoms with Gasteiger partial charge in [-0.3, -0.25) is 4.79 Å². The van der Waals surface area contributed by atoms with Gasteiger partial charge in [0.25, 0.3) is 0 Å².